The van der Waals surface area contributed by atoms with Gasteiger partial charge in [-0.3, -0.25) is 9.59 Å². The molecule has 3 atom stereocenters. The highest BCUT2D eigenvalue weighted by atomic mass is 16.3. The third-order valence-electron chi connectivity index (χ3n) is 8.05. The van der Waals surface area contributed by atoms with E-state index in [1.165, 1.54) is 0 Å². The Morgan fingerprint density at radius 1 is 0.949 bits per heavy atom. The molecule has 5 rings (SSSR count). The summed E-state index contributed by atoms with van der Waals surface area (Å²) in [5.74, 6) is -0.0616. The molecule has 0 unspecified atom stereocenters. The van der Waals surface area contributed by atoms with Gasteiger partial charge in [0.25, 0.3) is 5.91 Å². The van der Waals surface area contributed by atoms with Crippen LogP contribution in [-0.4, -0.2) is 34.5 Å². The van der Waals surface area contributed by atoms with Gasteiger partial charge in [-0.05, 0) is 66.5 Å². The Morgan fingerprint density at radius 3 is 2.38 bits per heavy atom. The van der Waals surface area contributed by atoms with Gasteiger partial charge in [0.05, 0.1) is 24.3 Å². The molecule has 2 fully saturated rings. The molecule has 6 nitrogen and oxygen atoms in total. The Morgan fingerprint density at radius 2 is 1.69 bits per heavy atom. The highest BCUT2D eigenvalue weighted by Crippen LogP contribution is 2.39. The van der Waals surface area contributed by atoms with Crippen LogP contribution in [0.15, 0.2) is 78.9 Å². The minimum atomic E-state index is -0.413. The average Bonchev–Trinajstić information content (AvgIpc) is 3.84. The number of nitrogens with one attached hydrogen (secondary N) is 1. The first kappa shape index (κ1) is 26.6. The normalized spacial score (nSPS) is 19.5. The van der Waals surface area contributed by atoms with Crippen LogP contribution in [0.25, 0.3) is 0 Å². The lowest BCUT2D eigenvalue weighted by Crippen LogP contribution is -2.39. The second kappa shape index (κ2) is 12.3. The molecule has 3 aromatic rings. The van der Waals surface area contributed by atoms with E-state index in [0.717, 1.165) is 55.2 Å². The predicted octanol–water partition coefficient (Wildman–Crippen LogP) is 5.49. The summed E-state index contributed by atoms with van der Waals surface area (Å²) in [6.07, 6.45) is 5.89. The summed E-state index contributed by atoms with van der Waals surface area (Å²) >= 11 is 0. The van der Waals surface area contributed by atoms with E-state index in [4.69, 9.17) is 0 Å². The van der Waals surface area contributed by atoms with E-state index in [1.807, 2.05) is 35.2 Å². The van der Waals surface area contributed by atoms with Gasteiger partial charge in [0.2, 0.25) is 5.91 Å². The quantitative estimate of drug-likeness (QED) is 0.390. The van der Waals surface area contributed by atoms with Gasteiger partial charge >= 0.3 is 0 Å². The van der Waals surface area contributed by atoms with Crippen LogP contribution in [0.4, 0.5) is 0 Å². The third kappa shape index (κ3) is 6.38. The predicted molar refractivity (Wildman–Crippen MR) is 150 cm³/mol. The maximum atomic E-state index is 13.4. The summed E-state index contributed by atoms with van der Waals surface area (Å²) in [4.78, 5) is 28.6. The Labute approximate surface area is 230 Å². The number of nitrogens with zero attached hydrogens (tertiary/aromatic N) is 2. The first-order chi connectivity index (χ1) is 19.1. The summed E-state index contributed by atoms with van der Waals surface area (Å²) in [7, 11) is 0. The Kier molecular flexibility index (Phi) is 8.39. The van der Waals surface area contributed by atoms with Crippen molar-refractivity contribution in [3.63, 3.8) is 0 Å². The molecular weight excluding hydrogens is 486 g/mol. The summed E-state index contributed by atoms with van der Waals surface area (Å²) in [5.41, 5.74) is 4.13. The number of amides is 2. The summed E-state index contributed by atoms with van der Waals surface area (Å²) in [6, 6.07) is 26.8. The van der Waals surface area contributed by atoms with Gasteiger partial charge in [-0.25, -0.2) is 0 Å². The zero-order valence-electron chi connectivity index (χ0n) is 22.1. The van der Waals surface area contributed by atoms with Crippen molar-refractivity contribution in [1.29, 1.82) is 5.26 Å². The summed E-state index contributed by atoms with van der Waals surface area (Å²) < 4.78 is 0. The van der Waals surface area contributed by atoms with E-state index in [-0.39, 0.29) is 36.3 Å². The van der Waals surface area contributed by atoms with Crippen molar-refractivity contribution in [2.75, 3.05) is 6.61 Å². The van der Waals surface area contributed by atoms with Gasteiger partial charge < -0.3 is 15.3 Å². The minimum Gasteiger partial charge on any atom is -0.394 e. The molecule has 0 aliphatic heterocycles. The lowest BCUT2D eigenvalue weighted by atomic mass is 9.74. The van der Waals surface area contributed by atoms with Crippen LogP contribution in [0.3, 0.4) is 0 Å². The molecule has 6 heteroatoms. The Hall–Kier alpha value is -3.95. The van der Waals surface area contributed by atoms with Crippen LogP contribution < -0.4 is 5.32 Å². The molecule has 0 spiro atoms. The van der Waals surface area contributed by atoms with Crippen LogP contribution in [0.1, 0.15) is 83.1 Å². The molecule has 200 valence electrons. The number of carbonyl (C=O) groups is 2. The third-order valence-corrected chi connectivity index (χ3v) is 8.05. The first-order valence-corrected chi connectivity index (χ1v) is 13.9. The standard InChI is InChI=1S/C33H35N3O3/c34-20-24-7-6-10-27(19-24)33(39)36(28-17-18-28)21-23-13-15-25(16-14-23)29-11-4-5-12-30(29)32(38)35-31(22-37)26-8-2-1-3-9-26/h1-3,6-10,13-16,19,28-31,37H,4-5,11-12,17-18,21-22H2,(H,35,38)/t29-,30+,31+/m1/s1. The number of aliphatic hydroxyl groups excluding tert-OH is 1. The molecular formula is C33H35N3O3. The van der Waals surface area contributed by atoms with E-state index in [1.54, 1.807) is 24.3 Å². The van der Waals surface area contributed by atoms with E-state index >= 15 is 0 Å². The second-order valence-corrected chi connectivity index (χ2v) is 10.8. The van der Waals surface area contributed by atoms with Crippen molar-refractivity contribution >= 4 is 11.8 Å². The van der Waals surface area contributed by atoms with Crippen molar-refractivity contribution in [2.45, 2.75) is 63.1 Å². The van der Waals surface area contributed by atoms with Gasteiger partial charge in [0.15, 0.2) is 0 Å². The van der Waals surface area contributed by atoms with Crippen LogP contribution in [-0.2, 0) is 11.3 Å². The maximum Gasteiger partial charge on any atom is 0.254 e. The smallest absolute Gasteiger partial charge is 0.254 e. The zero-order valence-corrected chi connectivity index (χ0v) is 22.1. The minimum absolute atomic E-state index is 0.00298. The second-order valence-electron chi connectivity index (χ2n) is 10.8. The van der Waals surface area contributed by atoms with Gasteiger partial charge in [0, 0.05) is 24.1 Å². The lowest BCUT2D eigenvalue weighted by molar-refractivity contribution is -0.127. The fraction of sp³-hybridized carbons (Fsp3) is 0.364. The number of rotatable bonds is 9. The molecule has 0 heterocycles. The molecule has 39 heavy (non-hydrogen) atoms. The molecule has 0 bridgehead atoms. The zero-order chi connectivity index (χ0) is 27.2. The average molecular weight is 522 g/mol. The van der Waals surface area contributed by atoms with Crippen LogP contribution >= 0.6 is 0 Å². The number of hydrogen-bond acceptors (Lipinski definition) is 4. The maximum absolute atomic E-state index is 13.4. The Bertz CT molecular complexity index is 1330. The molecule has 2 saturated carbocycles. The number of benzene rings is 3. The van der Waals surface area contributed by atoms with Crippen molar-refractivity contribution in [2.24, 2.45) is 5.92 Å². The lowest BCUT2D eigenvalue weighted by Gasteiger charge is -2.32. The number of aliphatic hydroxyl groups is 1. The van der Waals surface area contributed by atoms with E-state index < -0.39 is 6.04 Å². The Balaban J connectivity index is 1.28. The summed E-state index contributed by atoms with van der Waals surface area (Å²) in [5, 5.41) is 22.3. The van der Waals surface area contributed by atoms with Crippen LogP contribution in [0, 0.1) is 17.2 Å². The van der Waals surface area contributed by atoms with Gasteiger partial charge in [-0.15, -0.1) is 0 Å². The van der Waals surface area contributed by atoms with Crippen molar-refractivity contribution in [3.05, 3.63) is 107 Å². The van der Waals surface area contributed by atoms with Crippen molar-refractivity contribution in [3.8, 4) is 6.07 Å². The SMILES string of the molecule is N#Cc1cccc(C(=O)N(Cc2ccc([C@H]3CCCC[C@@H]3C(=O)N[C@@H](CO)c3ccccc3)cc2)C2CC2)c1. The van der Waals surface area contributed by atoms with Gasteiger partial charge in [-0.1, -0.05) is 73.5 Å². The highest BCUT2D eigenvalue weighted by molar-refractivity contribution is 5.95. The molecule has 2 aliphatic carbocycles. The number of nitriles is 1. The molecule has 3 aromatic carbocycles. The fourth-order valence-corrected chi connectivity index (χ4v) is 5.75. The van der Waals surface area contributed by atoms with E-state index in [0.29, 0.717) is 17.7 Å². The van der Waals surface area contributed by atoms with Crippen LogP contribution in [0.5, 0.6) is 0 Å². The summed E-state index contributed by atoms with van der Waals surface area (Å²) in [6.45, 7) is 0.378. The number of hydrogen-bond donors (Lipinski definition) is 2. The first-order valence-electron chi connectivity index (χ1n) is 13.9. The topological polar surface area (TPSA) is 93.4 Å². The van der Waals surface area contributed by atoms with E-state index in [9.17, 15) is 20.0 Å². The highest BCUT2D eigenvalue weighted by Gasteiger charge is 2.35. The van der Waals surface area contributed by atoms with Crippen molar-refractivity contribution in [1.82, 2.24) is 10.2 Å². The molecule has 2 aliphatic rings. The van der Waals surface area contributed by atoms with Gasteiger partial charge in [0.1, 0.15) is 0 Å². The molecule has 0 aromatic heterocycles. The van der Waals surface area contributed by atoms with E-state index in [2.05, 4.69) is 35.7 Å². The monoisotopic (exact) mass is 521 g/mol. The number of carbonyl (C=O) groups excluding carboxylic acids is 2. The largest absolute Gasteiger partial charge is 0.394 e. The molecule has 2 amide bonds. The molecule has 0 saturated heterocycles. The van der Waals surface area contributed by atoms with Gasteiger partial charge in [-0.2, -0.15) is 5.26 Å². The van der Waals surface area contributed by atoms with Crippen molar-refractivity contribution < 1.29 is 14.7 Å². The van der Waals surface area contributed by atoms with Crippen LogP contribution in [0.2, 0.25) is 0 Å². The molecule has 0 radical (unpaired) electrons. The molecule has 2 N–H and O–H groups in total. The fourth-order valence-electron chi connectivity index (χ4n) is 5.75.